The first-order valence-corrected chi connectivity index (χ1v) is 8.53. The highest BCUT2D eigenvalue weighted by molar-refractivity contribution is 5.74. The van der Waals surface area contributed by atoms with Gasteiger partial charge < -0.3 is 10.2 Å². The molecule has 2 fully saturated rings. The van der Waals surface area contributed by atoms with Crippen LogP contribution < -0.4 is 0 Å². The normalized spacial score (nSPS) is 26.5. The van der Waals surface area contributed by atoms with Crippen LogP contribution in [0.15, 0.2) is 0 Å². The molecular formula is C16H28N2O4. The van der Waals surface area contributed by atoms with E-state index < -0.39 is 11.9 Å². The molecule has 2 unspecified atom stereocenters. The second-order valence-corrected chi connectivity index (χ2v) is 6.48. The molecule has 2 atom stereocenters. The lowest BCUT2D eigenvalue weighted by molar-refractivity contribution is -0.143. The number of hydrogen-bond donors (Lipinski definition) is 2. The summed E-state index contributed by atoms with van der Waals surface area (Å²) in [5.41, 5.74) is 0. The van der Waals surface area contributed by atoms with Crippen molar-refractivity contribution in [1.29, 1.82) is 0 Å². The Morgan fingerprint density at radius 3 is 1.55 bits per heavy atom. The number of unbranched alkanes of at least 4 members (excludes halogenated alkanes) is 3. The van der Waals surface area contributed by atoms with Gasteiger partial charge in [0.05, 0.1) is 0 Å². The van der Waals surface area contributed by atoms with Crippen molar-refractivity contribution in [3.63, 3.8) is 0 Å². The number of carbonyl (C=O) groups is 2. The van der Waals surface area contributed by atoms with Gasteiger partial charge in [0.1, 0.15) is 12.1 Å². The van der Waals surface area contributed by atoms with E-state index in [-0.39, 0.29) is 12.1 Å². The largest absolute Gasteiger partial charge is 0.480 e. The molecule has 2 aliphatic rings. The number of carboxylic acids is 2. The Bertz CT molecular complexity index is 352. The van der Waals surface area contributed by atoms with E-state index in [9.17, 15) is 9.59 Å². The minimum atomic E-state index is -0.689. The molecule has 0 aliphatic carbocycles. The summed E-state index contributed by atoms with van der Waals surface area (Å²) in [5.74, 6) is -1.38. The zero-order chi connectivity index (χ0) is 15.9. The first kappa shape index (κ1) is 17.2. The first-order chi connectivity index (χ1) is 10.6. The summed E-state index contributed by atoms with van der Waals surface area (Å²) in [5, 5.41) is 18.2. The van der Waals surface area contributed by atoms with Gasteiger partial charge in [0.15, 0.2) is 0 Å². The highest BCUT2D eigenvalue weighted by Gasteiger charge is 2.30. The lowest BCUT2D eigenvalue weighted by atomic mass is 10.1. The minimum Gasteiger partial charge on any atom is -0.480 e. The molecular weight excluding hydrogens is 284 g/mol. The van der Waals surface area contributed by atoms with Crippen molar-refractivity contribution >= 4 is 11.9 Å². The van der Waals surface area contributed by atoms with Crippen molar-refractivity contribution in [3.8, 4) is 0 Å². The highest BCUT2D eigenvalue weighted by atomic mass is 16.4. The Morgan fingerprint density at radius 1 is 0.773 bits per heavy atom. The van der Waals surface area contributed by atoms with E-state index >= 15 is 0 Å². The smallest absolute Gasteiger partial charge is 0.320 e. The van der Waals surface area contributed by atoms with Crippen molar-refractivity contribution in [2.75, 3.05) is 26.2 Å². The van der Waals surface area contributed by atoms with Crippen molar-refractivity contribution < 1.29 is 19.8 Å². The molecule has 6 heteroatoms. The fourth-order valence-electron chi connectivity index (χ4n) is 3.73. The van der Waals surface area contributed by atoms with Crippen molar-refractivity contribution in [2.24, 2.45) is 0 Å². The van der Waals surface area contributed by atoms with Gasteiger partial charge in [-0.2, -0.15) is 0 Å². The van der Waals surface area contributed by atoms with Crippen LogP contribution in [0.2, 0.25) is 0 Å². The fourth-order valence-corrected chi connectivity index (χ4v) is 3.73. The number of carboxylic acid groups (broad SMARTS) is 2. The average molecular weight is 312 g/mol. The zero-order valence-corrected chi connectivity index (χ0v) is 13.2. The Morgan fingerprint density at radius 2 is 1.18 bits per heavy atom. The van der Waals surface area contributed by atoms with Crippen LogP contribution in [0.5, 0.6) is 0 Å². The van der Waals surface area contributed by atoms with Gasteiger partial charge in [-0.15, -0.1) is 0 Å². The maximum Gasteiger partial charge on any atom is 0.320 e. The topological polar surface area (TPSA) is 81.1 Å². The van der Waals surface area contributed by atoms with E-state index in [1.54, 1.807) is 0 Å². The Balaban J connectivity index is 1.54. The second kappa shape index (κ2) is 8.48. The van der Waals surface area contributed by atoms with Crippen LogP contribution in [0, 0.1) is 0 Å². The van der Waals surface area contributed by atoms with Crippen molar-refractivity contribution in [1.82, 2.24) is 9.80 Å². The Hall–Kier alpha value is -1.14. The van der Waals surface area contributed by atoms with Crippen molar-refractivity contribution in [3.05, 3.63) is 0 Å². The standard InChI is InChI=1S/C16H28N2O4/c19-15(20)13-7-5-11-17(13)9-3-1-2-4-10-18-12-6-8-14(18)16(21)22/h13-14H,1-12H2,(H,19,20)(H,21,22). The molecule has 2 heterocycles. The number of hydrogen-bond acceptors (Lipinski definition) is 4. The van der Waals surface area contributed by atoms with Crippen LogP contribution in [0.4, 0.5) is 0 Å². The zero-order valence-electron chi connectivity index (χ0n) is 13.2. The first-order valence-electron chi connectivity index (χ1n) is 8.53. The molecule has 0 aromatic carbocycles. The third-order valence-electron chi connectivity index (χ3n) is 4.94. The molecule has 0 aromatic heterocycles. The number of rotatable bonds is 9. The van der Waals surface area contributed by atoms with E-state index in [4.69, 9.17) is 10.2 Å². The summed E-state index contributed by atoms with van der Waals surface area (Å²) in [7, 11) is 0. The second-order valence-electron chi connectivity index (χ2n) is 6.48. The number of aliphatic carboxylic acids is 2. The summed E-state index contributed by atoms with van der Waals surface area (Å²) < 4.78 is 0. The van der Waals surface area contributed by atoms with Gasteiger partial charge in [0.25, 0.3) is 0 Å². The van der Waals surface area contributed by atoms with E-state index in [0.29, 0.717) is 0 Å². The SMILES string of the molecule is O=C(O)C1CCCN1CCCCCCN1CCCC1C(=O)O. The predicted molar refractivity (Wildman–Crippen MR) is 82.9 cm³/mol. The molecule has 2 rings (SSSR count). The molecule has 22 heavy (non-hydrogen) atoms. The molecule has 0 aromatic rings. The minimum absolute atomic E-state index is 0.277. The molecule has 0 spiro atoms. The molecule has 126 valence electrons. The van der Waals surface area contributed by atoms with Crippen LogP contribution in [0.1, 0.15) is 51.4 Å². The van der Waals surface area contributed by atoms with E-state index in [0.717, 1.165) is 77.5 Å². The monoisotopic (exact) mass is 312 g/mol. The quantitative estimate of drug-likeness (QED) is 0.630. The molecule has 2 N–H and O–H groups in total. The van der Waals surface area contributed by atoms with E-state index in [2.05, 4.69) is 9.80 Å². The van der Waals surface area contributed by atoms with Gasteiger partial charge in [-0.25, -0.2) is 0 Å². The molecule has 0 amide bonds. The molecule has 6 nitrogen and oxygen atoms in total. The van der Waals surface area contributed by atoms with Crippen LogP contribution in [-0.2, 0) is 9.59 Å². The summed E-state index contributed by atoms with van der Waals surface area (Å²) in [6.07, 6.45) is 7.79. The average Bonchev–Trinajstić information content (AvgIpc) is 3.11. The number of likely N-dealkylation sites (tertiary alicyclic amines) is 2. The summed E-state index contributed by atoms with van der Waals surface area (Å²) in [6.45, 7) is 3.56. The molecule has 0 radical (unpaired) electrons. The van der Waals surface area contributed by atoms with E-state index in [1.165, 1.54) is 0 Å². The third-order valence-corrected chi connectivity index (χ3v) is 4.94. The van der Waals surface area contributed by atoms with Gasteiger partial charge in [-0.05, 0) is 64.7 Å². The summed E-state index contributed by atoms with van der Waals surface area (Å²) >= 11 is 0. The van der Waals surface area contributed by atoms with Crippen LogP contribution in [-0.4, -0.2) is 70.2 Å². The van der Waals surface area contributed by atoms with Gasteiger partial charge in [-0.1, -0.05) is 12.8 Å². The van der Waals surface area contributed by atoms with Gasteiger partial charge in [0.2, 0.25) is 0 Å². The molecule has 2 aliphatic heterocycles. The maximum atomic E-state index is 11.1. The van der Waals surface area contributed by atoms with Gasteiger partial charge in [-0.3, -0.25) is 19.4 Å². The Kier molecular flexibility index (Phi) is 6.64. The van der Waals surface area contributed by atoms with Crippen molar-refractivity contribution in [2.45, 2.75) is 63.5 Å². The maximum absolute atomic E-state index is 11.1. The van der Waals surface area contributed by atoms with Gasteiger partial charge >= 0.3 is 11.9 Å². The predicted octanol–water partition coefficient (Wildman–Crippen LogP) is 1.64. The Labute approximate surface area is 132 Å². The lowest BCUT2D eigenvalue weighted by Gasteiger charge is -2.22. The van der Waals surface area contributed by atoms with Gasteiger partial charge in [0, 0.05) is 0 Å². The molecule has 0 bridgehead atoms. The fraction of sp³-hybridized carbons (Fsp3) is 0.875. The summed E-state index contributed by atoms with van der Waals surface area (Å²) in [4.78, 5) is 26.3. The third kappa shape index (κ3) is 4.68. The molecule has 0 saturated carbocycles. The highest BCUT2D eigenvalue weighted by Crippen LogP contribution is 2.20. The lowest BCUT2D eigenvalue weighted by Crippen LogP contribution is -2.36. The van der Waals surface area contributed by atoms with Crippen LogP contribution in [0.25, 0.3) is 0 Å². The molecule has 2 saturated heterocycles. The van der Waals surface area contributed by atoms with Crippen LogP contribution in [0.3, 0.4) is 0 Å². The number of nitrogens with zero attached hydrogens (tertiary/aromatic N) is 2. The van der Waals surface area contributed by atoms with E-state index in [1.807, 2.05) is 0 Å². The summed E-state index contributed by atoms with van der Waals surface area (Å²) in [6, 6.07) is -0.554. The van der Waals surface area contributed by atoms with Crippen LogP contribution >= 0.6 is 0 Å².